The lowest BCUT2D eigenvalue weighted by molar-refractivity contribution is -0.122. The van der Waals surface area contributed by atoms with Gasteiger partial charge in [-0.1, -0.05) is 30.3 Å². The lowest BCUT2D eigenvalue weighted by Gasteiger charge is -2.43. The molecule has 2 heterocycles. The highest BCUT2D eigenvalue weighted by molar-refractivity contribution is 5.14. The molecule has 20 heavy (non-hydrogen) atoms. The van der Waals surface area contributed by atoms with Crippen molar-refractivity contribution in [3.63, 3.8) is 0 Å². The average Bonchev–Trinajstić information content (AvgIpc) is 2.86. The van der Waals surface area contributed by atoms with Crippen LogP contribution < -0.4 is 0 Å². The molecule has 4 nitrogen and oxygen atoms in total. The van der Waals surface area contributed by atoms with Crippen LogP contribution in [0.5, 0.6) is 0 Å². The maximum atomic E-state index is 9.18. The van der Waals surface area contributed by atoms with E-state index in [-0.39, 0.29) is 12.3 Å². The van der Waals surface area contributed by atoms with Crippen LogP contribution in [0.15, 0.2) is 30.3 Å². The van der Waals surface area contributed by atoms with Crippen molar-refractivity contribution in [2.45, 2.75) is 25.1 Å². The van der Waals surface area contributed by atoms with E-state index in [1.54, 1.807) is 0 Å². The van der Waals surface area contributed by atoms with Gasteiger partial charge < -0.3 is 9.84 Å². The standard InChI is InChI=1S/C16H24N2O2/c19-12-10-18-11-13-20-16(18)6-8-17(9-7-16)14-15-4-2-1-3-5-15/h1-5,19H,6-14H2. The Kier molecular flexibility index (Phi) is 4.36. The first-order chi connectivity index (χ1) is 9.82. The minimum absolute atomic E-state index is 0.101. The molecule has 1 N–H and O–H groups in total. The average molecular weight is 276 g/mol. The van der Waals surface area contributed by atoms with E-state index in [1.807, 2.05) is 0 Å². The van der Waals surface area contributed by atoms with Gasteiger partial charge in [0, 0.05) is 45.6 Å². The second-order valence-electron chi connectivity index (χ2n) is 5.77. The number of nitrogens with zero attached hydrogens (tertiary/aromatic N) is 2. The number of hydrogen-bond acceptors (Lipinski definition) is 4. The van der Waals surface area contributed by atoms with E-state index in [1.165, 1.54) is 5.56 Å². The maximum absolute atomic E-state index is 9.18. The zero-order valence-electron chi connectivity index (χ0n) is 12.0. The molecule has 1 spiro atoms. The summed E-state index contributed by atoms with van der Waals surface area (Å²) in [6, 6.07) is 10.6. The molecule has 0 amide bonds. The van der Waals surface area contributed by atoms with E-state index in [4.69, 9.17) is 4.74 Å². The second kappa shape index (κ2) is 6.22. The first kappa shape index (κ1) is 14.0. The van der Waals surface area contributed by atoms with Gasteiger partial charge in [0.05, 0.1) is 13.2 Å². The fourth-order valence-electron chi connectivity index (χ4n) is 3.44. The van der Waals surface area contributed by atoms with Gasteiger partial charge in [-0.2, -0.15) is 0 Å². The van der Waals surface area contributed by atoms with Crippen molar-refractivity contribution in [3.8, 4) is 0 Å². The zero-order chi connectivity index (χ0) is 13.8. The summed E-state index contributed by atoms with van der Waals surface area (Å²) < 4.78 is 6.03. The van der Waals surface area contributed by atoms with Crippen LogP contribution in [0.1, 0.15) is 18.4 Å². The van der Waals surface area contributed by atoms with Gasteiger partial charge in [0.2, 0.25) is 0 Å². The molecule has 2 aliphatic heterocycles. The van der Waals surface area contributed by atoms with Crippen molar-refractivity contribution in [1.29, 1.82) is 0 Å². The highest BCUT2D eigenvalue weighted by Gasteiger charge is 2.43. The Morgan fingerprint density at radius 2 is 1.85 bits per heavy atom. The summed E-state index contributed by atoms with van der Waals surface area (Å²) >= 11 is 0. The fourth-order valence-corrected chi connectivity index (χ4v) is 3.44. The number of hydrogen-bond donors (Lipinski definition) is 1. The zero-order valence-corrected chi connectivity index (χ0v) is 12.0. The van der Waals surface area contributed by atoms with Crippen LogP contribution in [0.4, 0.5) is 0 Å². The molecule has 3 rings (SSSR count). The lowest BCUT2D eigenvalue weighted by Crippen LogP contribution is -2.53. The van der Waals surface area contributed by atoms with E-state index in [9.17, 15) is 5.11 Å². The molecule has 0 saturated carbocycles. The summed E-state index contributed by atoms with van der Waals surface area (Å²) in [4.78, 5) is 4.83. The van der Waals surface area contributed by atoms with Gasteiger partial charge in [-0.25, -0.2) is 0 Å². The monoisotopic (exact) mass is 276 g/mol. The van der Waals surface area contributed by atoms with Crippen molar-refractivity contribution >= 4 is 0 Å². The number of likely N-dealkylation sites (tertiary alicyclic amines) is 1. The van der Waals surface area contributed by atoms with E-state index >= 15 is 0 Å². The number of benzene rings is 1. The van der Waals surface area contributed by atoms with Gasteiger partial charge in [-0.3, -0.25) is 9.80 Å². The summed E-state index contributed by atoms with van der Waals surface area (Å²) in [6.07, 6.45) is 2.08. The van der Waals surface area contributed by atoms with Crippen LogP contribution in [0.25, 0.3) is 0 Å². The molecule has 0 atom stereocenters. The molecule has 0 radical (unpaired) electrons. The van der Waals surface area contributed by atoms with Crippen molar-refractivity contribution < 1.29 is 9.84 Å². The summed E-state index contributed by atoms with van der Waals surface area (Å²) in [6.45, 7) is 5.88. The van der Waals surface area contributed by atoms with E-state index in [0.717, 1.165) is 52.2 Å². The third-order valence-corrected chi connectivity index (χ3v) is 4.56. The first-order valence-electron chi connectivity index (χ1n) is 7.59. The molecule has 1 aromatic rings. The van der Waals surface area contributed by atoms with Crippen LogP contribution in [-0.2, 0) is 11.3 Å². The van der Waals surface area contributed by atoms with Crippen LogP contribution >= 0.6 is 0 Å². The molecule has 110 valence electrons. The molecule has 1 aromatic carbocycles. The Morgan fingerprint density at radius 1 is 1.10 bits per heavy atom. The fraction of sp³-hybridized carbons (Fsp3) is 0.625. The van der Waals surface area contributed by atoms with Crippen molar-refractivity contribution in [2.24, 2.45) is 0 Å². The van der Waals surface area contributed by atoms with E-state index < -0.39 is 0 Å². The minimum atomic E-state index is -0.101. The Bertz CT molecular complexity index is 416. The molecule has 4 heteroatoms. The first-order valence-corrected chi connectivity index (χ1v) is 7.59. The molecule has 0 aromatic heterocycles. The summed E-state index contributed by atoms with van der Waals surface area (Å²) in [7, 11) is 0. The van der Waals surface area contributed by atoms with Crippen LogP contribution in [0.3, 0.4) is 0 Å². The number of piperidine rings is 1. The van der Waals surface area contributed by atoms with Crippen molar-refractivity contribution in [3.05, 3.63) is 35.9 Å². The highest BCUT2D eigenvalue weighted by Crippen LogP contribution is 2.34. The van der Waals surface area contributed by atoms with Crippen LogP contribution in [0, 0.1) is 0 Å². The minimum Gasteiger partial charge on any atom is -0.395 e. The number of ether oxygens (including phenoxy) is 1. The smallest absolute Gasteiger partial charge is 0.124 e. The van der Waals surface area contributed by atoms with Gasteiger partial charge in [-0.15, -0.1) is 0 Å². The Labute approximate surface area is 120 Å². The lowest BCUT2D eigenvalue weighted by atomic mass is 9.98. The quantitative estimate of drug-likeness (QED) is 0.899. The van der Waals surface area contributed by atoms with Crippen molar-refractivity contribution in [1.82, 2.24) is 9.80 Å². The van der Waals surface area contributed by atoms with Crippen LogP contribution in [0.2, 0.25) is 0 Å². The van der Waals surface area contributed by atoms with E-state index in [0.29, 0.717) is 0 Å². The second-order valence-corrected chi connectivity index (χ2v) is 5.77. The summed E-state index contributed by atoms with van der Waals surface area (Å²) in [5, 5.41) is 9.18. The number of aliphatic hydroxyl groups excluding tert-OH is 1. The topological polar surface area (TPSA) is 35.9 Å². The van der Waals surface area contributed by atoms with Crippen molar-refractivity contribution in [2.75, 3.05) is 39.4 Å². The Morgan fingerprint density at radius 3 is 2.55 bits per heavy atom. The van der Waals surface area contributed by atoms with Gasteiger partial charge in [0.15, 0.2) is 0 Å². The largest absolute Gasteiger partial charge is 0.395 e. The molecule has 0 bridgehead atoms. The summed E-state index contributed by atoms with van der Waals surface area (Å²) in [5.41, 5.74) is 1.28. The van der Waals surface area contributed by atoms with Gasteiger partial charge in [-0.05, 0) is 5.56 Å². The third-order valence-electron chi connectivity index (χ3n) is 4.56. The molecule has 2 fully saturated rings. The van der Waals surface area contributed by atoms with Crippen LogP contribution in [-0.4, -0.2) is 60.0 Å². The molecule has 2 saturated heterocycles. The van der Waals surface area contributed by atoms with E-state index in [2.05, 4.69) is 40.1 Å². The number of aliphatic hydroxyl groups is 1. The molecular weight excluding hydrogens is 252 g/mol. The summed E-state index contributed by atoms with van der Waals surface area (Å²) in [5.74, 6) is 0. The van der Waals surface area contributed by atoms with Gasteiger partial charge in [0.25, 0.3) is 0 Å². The Hall–Kier alpha value is -0.940. The van der Waals surface area contributed by atoms with Gasteiger partial charge in [0.1, 0.15) is 5.72 Å². The predicted molar refractivity (Wildman–Crippen MR) is 78.3 cm³/mol. The highest BCUT2D eigenvalue weighted by atomic mass is 16.5. The number of β-amino-alcohol motifs (C(OH)–C–C–N with tert-alkyl or cyclic N) is 1. The molecule has 0 unspecified atom stereocenters. The SMILES string of the molecule is OCCN1CCOC12CCN(Cc1ccccc1)CC2. The third kappa shape index (κ3) is 2.88. The van der Waals surface area contributed by atoms with Gasteiger partial charge >= 0.3 is 0 Å². The molecule has 0 aliphatic carbocycles. The molecule has 2 aliphatic rings. The maximum Gasteiger partial charge on any atom is 0.124 e. The Balaban J connectivity index is 1.56. The predicted octanol–water partition coefficient (Wildman–Crippen LogP) is 1.30. The normalized spacial score (nSPS) is 23.4. The number of rotatable bonds is 4. The molecular formula is C16H24N2O2.